The normalized spacial score (nSPS) is 22.2. The molecule has 1 aliphatic rings. The van der Waals surface area contributed by atoms with E-state index in [1.54, 1.807) is 13.0 Å². The van der Waals surface area contributed by atoms with Gasteiger partial charge in [0.05, 0.1) is 24.2 Å². The lowest BCUT2D eigenvalue weighted by Crippen LogP contribution is -2.33. The summed E-state index contributed by atoms with van der Waals surface area (Å²) in [5, 5.41) is 22.8. The third-order valence-corrected chi connectivity index (χ3v) is 3.02. The van der Waals surface area contributed by atoms with Crippen LogP contribution in [0.1, 0.15) is 5.56 Å². The van der Waals surface area contributed by atoms with Crippen molar-refractivity contribution in [2.24, 2.45) is 5.92 Å². The Morgan fingerprint density at radius 2 is 2.21 bits per heavy atom. The minimum Gasteiger partial charge on any atom is -0.481 e. The van der Waals surface area contributed by atoms with Crippen molar-refractivity contribution in [3.63, 3.8) is 0 Å². The fourth-order valence-electron chi connectivity index (χ4n) is 2.11. The molecule has 0 aromatic heterocycles. The smallest absolute Gasteiger partial charge is 0.311 e. The summed E-state index contributed by atoms with van der Waals surface area (Å²) in [5.74, 6) is -1.57. The maximum absolute atomic E-state index is 11.0. The highest BCUT2D eigenvalue weighted by molar-refractivity contribution is 5.72. The maximum atomic E-state index is 11.0. The number of hydrogen-bond acceptors (Lipinski definition) is 5. The minimum absolute atomic E-state index is 0.0201. The van der Waals surface area contributed by atoms with Crippen molar-refractivity contribution in [1.82, 2.24) is 0 Å². The highest BCUT2D eigenvalue weighted by atomic mass is 16.6. The Morgan fingerprint density at radius 3 is 2.84 bits per heavy atom. The zero-order valence-electron chi connectivity index (χ0n) is 10.3. The number of nitrogens with one attached hydrogen (secondary N) is 1. The summed E-state index contributed by atoms with van der Waals surface area (Å²) in [6.45, 7) is 2.18. The zero-order chi connectivity index (χ0) is 14.0. The number of anilines is 1. The number of aliphatic carboxylic acids is 1. The summed E-state index contributed by atoms with van der Waals surface area (Å²) in [7, 11) is 0. The molecule has 0 radical (unpaired) electrons. The second-order valence-corrected chi connectivity index (χ2v) is 4.55. The summed E-state index contributed by atoms with van der Waals surface area (Å²) in [6.07, 6.45) is 0. The zero-order valence-corrected chi connectivity index (χ0v) is 10.3. The van der Waals surface area contributed by atoms with Crippen molar-refractivity contribution >= 4 is 17.3 Å². The molecule has 0 amide bonds. The van der Waals surface area contributed by atoms with Gasteiger partial charge in [-0.1, -0.05) is 0 Å². The fourth-order valence-corrected chi connectivity index (χ4v) is 2.11. The van der Waals surface area contributed by atoms with Crippen molar-refractivity contribution in [3.05, 3.63) is 33.9 Å². The van der Waals surface area contributed by atoms with Gasteiger partial charge < -0.3 is 15.2 Å². The Kier molecular flexibility index (Phi) is 3.66. The number of hydrogen-bond donors (Lipinski definition) is 2. The Morgan fingerprint density at radius 1 is 1.47 bits per heavy atom. The van der Waals surface area contributed by atoms with Crippen LogP contribution in [0.3, 0.4) is 0 Å². The van der Waals surface area contributed by atoms with Crippen LogP contribution in [-0.2, 0) is 9.53 Å². The number of nitro groups is 1. The van der Waals surface area contributed by atoms with E-state index in [0.29, 0.717) is 5.69 Å². The summed E-state index contributed by atoms with van der Waals surface area (Å²) >= 11 is 0. The molecule has 7 nitrogen and oxygen atoms in total. The molecule has 1 aromatic rings. The Bertz CT molecular complexity index is 517. The van der Waals surface area contributed by atoms with E-state index in [9.17, 15) is 14.9 Å². The van der Waals surface area contributed by atoms with Gasteiger partial charge in [-0.2, -0.15) is 0 Å². The number of nitro benzene ring substituents is 1. The first kappa shape index (κ1) is 13.3. The summed E-state index contributed by atoms with van der Waals surface area (Å²) in [5.41, 5.74) is 1.25. The van der Waals surface area contributed by atoms with Gasteiger partial charge in [-0.15, -0.1) is 0 Å². The Balaban J connectivity index is 2.19. The average molecular weight is 266 g/mol. The van der Waals surface area contributed by atoms with Crippen LogP contribution in [0.5, 0.6) is 0 Å². The predicted molar refractivity (Wildman–Crippen MR) is 67.2 cm³/mol. The number of benzene rings is 1. The molecule has 2 N–H and O–H groups in total. The van der Waals surface area contributed by atoms with Gasteiger partial charge in [-0.05, 0) is 18.6 Å². The molecule has 102 valence electrons. The largest absolute Gasteiger partial charge is 0.481 e. The number of non-ortho nitro benzene ring substituents is 1. The third kappa shape index (κ3) is 3.00. The highest BCUT2D eigenvalue weighted by Crippen LogP contribution is 2.24. The van der Waals surface area contributed by atoms with Crippen molar-refractivity contribution in [1.29, 1.82) is 0 Å². The van der Waals surface area contributed by atoms with Gasteiger partial charge in [0.1, 0.15) is 5.92 Å². The van der Waals surface area contributed by atoms with E-state index in [1.165, 1.54) is 12.1 Å². The van der Waals surface area contributed by atoms with Gasteiger partial charge in [0.2, 0.25) is 0 Å². The topological polar surface area (TPSA) is 102 Å². The molecule has 2 unspecified atom stereocenters. The molecule has 19 heavy (non-hydrogen) atoms. The van der Waals surface area contributed by atoms with Crippen LogP contribution < -0.4 is 5.32 Å². The molecule has 2 rings (SSSR count). The molecule has 2 atom stereocenters. The van der Waals surface area contributed by atoms with Crippen LogP contribution >= 0.6 is 0 Å². The van der Waals surface area contributed by atoms with Gasteiger partial charge in [0, 0.05) is 17.8 Å². The maximum Gasteiger partial charge on any atom is 0.311 e. The van der Waals surface area contributed by atoms with Gasteiger partial charge in [0.25, 0.3) is 5.69 Å². The van der Waals surface area contributed by atoms with Gasteiger partial charge in [-0.25, -0.2) is 0 Å². The number of carboxylic acids is 1. The van der Waals surface area contributed by atoms with Crippen LogP contribution in [-0.4, -0.2) is 35.3 Å². The second kappa shape index (κ2) is 5.23. The van der Waals surface area contributed by atoms with E-state index in [2.05, 4.69) is 5.32 Å². The minimum atomic E-state index is -0.933. The molecular weight excluding hydrogens is 252 g/mol. The quantitative estimate of drug-likeness (QED) is 0.631. The summed E-state index contributed by atoms with van der Waals surface area (Å²) in [6, 6.07) is 4.22. The highest BCUT2D eigenvalue weighted by Gasteiger charge is 2.34. The molecule has 1 fully saturated rings. The van der Waals surface area contributed by atoms with E-state index in [1.807, 2.05) is 0 Å². The Hall–Kier alpha value is -2.15. The molecule has 1 aliphatic heterocycles. The van der Waals surface area contributed by atoms with Crippen LogP contribution in [0.25, 0.3) is 0 Å². The molecule has 0 bridgehead atoms. The monoisotopic (exact) mass is 266 g/mol. The van der Waals surface area contributed by atoms with E-state index < -0.39 is 16.8 Å². The lowest BCUT2D eigenvalue weighted by atomic mass is 10.0. The van der Waals surface area contributed by atoms with E-state index in [4.69, 9.17) is 9.84 Å². The van der Waals surface area contributed by atoms with Crippen molar-refractivity contribution in [2.45, 2.75) is 13.0 Å². The first-order valence-corrected chi connectivity index (χ1v) is 5.80. The summed E-state index contributed by atoms with van der Waals surface area (Å²) < 4.78 is 5.13. The van der Waals surface area contributed by atoms with Gasteiger partial charge in [0.15, 0.2) is 0 Å². The first-order valence-electron chi connectivity index (χ1n) is 5.80. The SMILES string of the molecule is Cc1cc(NC2COCC2C(=O)O)cc([N+](=O)[O-])c1. The molecule has 1 heterocycles. The van der Waals surface area contributed by atoms with Crippen molar-refractivity contribution in [3.8, 4) is 0 Å². The number of rotatable bonds is 4. The van der Waals surface area contributed by atoms with Crippen LogP contribution in [0.4, 0.5) is 11.4 Å². The van der Waals surface area contributed by atoms with Crippen LogP contribution in [0.2, 0.25) is 0 Å². The fraction of sp³-hybridized carbons (Fsp3) is 0.417. The van der Waals surface area contributed by atoms with E-state index in [-0.39, 0.29) is 24.9 Å². The molecule has 1 aromatic carbocycles. The number of ether oxygens (including phenoxy) is 1. The second-order valence-electron chi connectivity index (χ2n) is 4.55. The van der Waals surface area contributed by atoms with Gasteiger partial charge in [-0.3, -0.25) is 14.9 Å². The standard InChI is InChI=1S/C12H14N2O5/c1-7-2-8(4-9(3-7)14(17)18)13-11-6-19-5-10(11)12(15)16/h2-4,10-11,13H,5-6H2,1H3,(H,15,16). The summed E-state index contributed by atoms with van der Waals surface area (Å²) in [4.78, 5) is 21.3. The molecule has 7 heteroatoms. The first-order chi connectivity index (χ1) is 8.97. The average Bonchev–Trinajstić information content (AvgIpc) is 2.76. The molecule has 0 aliphatic carbocycles. The molecule has 0 saturated carbocycles. The van der Waals surface area contributed by atoms with Crippen LogP contribution in [0.15, 0.2) is 18.2 Å². The van der Waals surface area contributed by atoms with E-state index in [0.717, 1.165) is 5.56 Å². The predicted octanol–water partition coefficient (Wildman–Crippen LogP) is 1.41. The van der Waals surface area contributed by atoms with Crippen molar-refractivity contribution in [2.75, 3.05) is 18.5 Å². The van der Waals surface area contributed by atoms with E-state index >= 15 is 0 Å². The Labute approximate surface area is 109 Å². The third-order valence-electron chi connectivity index (χ3n) is 3.02. The molecular formula is C12H14N2O5. The lowest BCUT2D eigenvalue weighted by molar-refractivity contribution is -0.384. The number of nitrogens with zero attached hydrogens (tertiary/aromatic N) is 1. The van der Waals surface area contributed by atoms with Crippen molar-refractivity contribution < 1.29 is 19.6 Å². The molecule has 1 saturated heterocycles. The molecule has 0 spiro atoms. The number of carbonyl (C=O) groups is 1. The van der Waals surface area contributed by atoms with Gasteiger partial charge >= 0.3 is 5.97 Å². The lowest BCUT2D eigenvalue weighted by Gasteiger charge is -2.17. The van der Waals surface area contributed by atoms with Crippen LogP contribution in [0, 0.1) is 23.0 Å². The number of carboxylic acid groups (broad SMARTS) is 1. The number of aryl methyl sites for hydroxylation is 1.